The highest BCUT2D eigenvalue weighted by atomic mass is 19.4. The molecule has 2 saturated carbocycles. The van der Waals surface area contributed by atoms with Crippen LogP contribution in [0.5, 0.6) is 5.75 Å². The quantitative estimate of drug-likeness (QED) is 0.616. The number of rotatable bonds is 4. The first-order valence-electron chi connectivity index (χ1n) is 9.42. The van der Waals surface area contributed by atoms with Crippen LogP contribution < -0.4 is 10.1 Å². The van der Waals surface area contributed by atoms with Crippen molar-refractivity contribution in [2.45, 2.75) is 12.8 Å². The van der Waals surface area contributed by atoms with E-state index in [0.29, 0.717) is 11.8 Å². The molecule has 1 heterocycles. The molecule has 2 bridgehead atoms. The maximum atomic E-state index is 12.8. The van der Waals surface area contributed by atoms with Crippen molar-refractivity contribution in [1.82, 2.24) is 4.90 Å². The lowest BCUT2D eigenvalue weighted by Gasteiger charge is -2.37. The highest BCUT2D eigenvalue weighted by molar-refractivity contribution is 6.09. The monoisotopic (exact) mass is 406 g/mol. The summed E-state index contributed by atoms with van der Waals surface area (Å²) in [6.07, 6.45) is 0.371. The first-order chi connectivity index (χ1) is 13.7. The molecule has 1 aromatic rings. The van der Waals surface area contributed by atoms with Gasteiger partial charge in [0.1, 0.15) is 12.3 Å². The van der Waals surface area contributed by atoms with E-state index < -0.39 is 24.6 Å². The minimum Gasteiger partial charge on any atom is -0.406 e. The SMILES string of the molecule is O=C(CN1C(=O)[C@@H]2[C@H]3C=C[C@@H]([C@@H]4C[C@H]34)[C@@H]2C1=O)Nc1ccc(OC(F)(F)F)cc1. The number of ether oxygens (including phenoxy) is 1. The lowest BCUT2D eigenvalue weighted by Crippen LogP contribution is -2.40. The normalized spacial score (nSPS) is 34.1. The molecule has 0 unspecified atom stereocenters. The summed E-state index contributed by atoms with van der Waals surface area (Å²) in [5.74, 6) is -1.20. The zero-order chi connectivity index (χ0) is 20.5. The summed E-state index contributed by atoms with van der Waals surface area (Å²) in [5, 5.41) is 2.50. The molecule has 0 radical (unpaired) electrons. The number of nitrogens with zero attached hydrogens (tertiary/aromatic N) is 1. The second-order valence-corrected chi connectivity index (χ2v) is 8.04. The van der Waals surface area contributed by atoms with E-state index in [1.165, 1.54) is 12.1 Å². The largest absolute Gasteiger partial charge is 0.573 e. The van der Waals surface area contributed by atoms with Gasteiger partial charge in [-0.15, -0.1) is 13.2 Å². The molecule has 1 aromatic carbocycles. The maximum absolute atomic E-state index is 12.8. The van der Waals surface area contributed by atoms with Crippen molar-refractivity contribution in [3.63, 3.8) is 0 Å². The Hall–Kier alpha value is -2.84. The number of anilines is 1. The van der Waals surface area contributed by atoms with Crippen LogP contribution in [-0.2, 0) is 14.4 Å². The Morgan fingerprint density at radius 1 is 1.03 bits per heavy atom. The number of hydrogen-bond donors (Lipinski definition) is 1. The fourth-order valence-electron chi connectivity index (χ4n) is 5.26. The Labute approximate surface area is 163 Å². The van der Waals surface area contributed by atoms with Crippen LogP contribution in [0, 0.1) is 35.5 Å². The van der Waals surface area contributed by atoms with Crippen LogP contribution in [0.3, 0.4) is 0 Å². The molecular weight excluding hydrogens is 389 g/mol. The molecule has 0 spiro atoms. The second kappa shape index (κ2) is 6.08. The summed E-state index contributed by atoms with van der Waals surface area (Å²) in [6.45, 7) is -0.403. The number of alkyl halides is 3. The summed E-state index contributed by atoms with van der Waals surface area (Å²) in [7, 11) is 0. The number of hydrogen-bond acceptors (Lipinski definition) is 4. The van der Waals surface area contributed by atoms with Crippen LogP contribution in [0.15, 0.2) is 36.4 Å². The summed E-state index contributed by atoms with van der Waals surface area (Å²) in [4.78, 5) is 39.1. The Balaban J connectivity index is 1.24. The summed E-state index contributed by atoms with van der Waals surface area (Å²) in [6, 6.07) is 4.65. The number of allylic oxidation sites excluding steroid dienone is 2. The van der Waals surface area contributed by atoms with Gasteiger partial charge in [-0.05, 0) is 54.4 Å². The first-order valence-corrected chi connectivity index (χ1v) is 9.42. The summed E-state index contributed by atoms with van der Waals surface area (Å²) in [5.41, 5.74) is 0.240. The third kappa shape index (κ3) is 2.99. The van der Waals surface area contributed by atoms with Crippen molar-refractivity contribution in [3.8, 4) is 5.75 Å². The van der Waals surface area contributed by atoms with Gasteiger partial charge >= 0.3 is 6.36 Å². The molecule has 1 saturated heterocycles. The highest BCUT2D eigenvalue weighted by Crippen LogP contribution is 2.65. The number of halogens is 3. The van der Waals surface area contributed by atoms with Crippen LogP contribution >= 0.6 is 0 Å². The van der Waals surface area contributed by atoms with E-state index >= 15 is 0 Å². The van der Waals surface area contributed by atoms with Gasteiger partial charge in [0, 0.05) is 5.69 Å². The van der Waals surface area contributed by atoms with Crippen LogP contribution in [-0.4, -0.2) is 35.5 Å². The number of imide groups is 1. The molecule has 9 heteroatoms. The lowest BCUT2D eigenvalue weighted by atomic mass is 9.63. The van der Waals surface area contributed by atoms with E-state index in [1.54, 1.807) is 0 Å². The first kappa shape index (κ1) is 18.2. The standard InChI is InChI=1S/C20H17F3N2O4/c21-20(22,23)29-10-3-1-9(2-4-10)24-15(26)8-25-18(27)16-11-5-6-12(14-7-13(11)14)17(16)19(25)28/h1-6,11-14,16-17H,7-8H2,(H,24,26)/t11-,12-,13-,14+,16-,17+/m0/s1. The van der Waals surface area contributed by atoms with Crippen LogP contribution in [0.2, 0.25) is 0 Å². The third-order valence-electron chi connectivity index (χ3n) is 6.43. The van der Waals surface area contributed by atoms with Gasteiger partial charge in [-0.3, -0.25) is 19.3 Å². The van der Waals surface area contributed by atoms with E-state index in [4.69, 9.17) is 0 Å². The van der Waals surface area contributed by atoms with E-state index in [-0.39, 0.29) is 41.2 Å². The van der Waals surface area contributed by atoms with Crippen LogP contribution in [0.1, 0.15) is 6.42 Å². The molecule has 6 rings (SSSR count). The van der Waals surface area contributed by atoms with Gasteiger partial charge in [0.05, 0.1) is 11.8 Å². The van der Waals surface area contributed by atoms with Crippen molar-refractivity contribution in [2.75, 3.05) is 11.9 Å². The predicted molar refractivity (Wildman–Crippen MR) is 93.2 cm³/mol. The van der Waals surface area contributed by atoms with Crippen LogP contribution in [0.25, 0.3) is 0 Å². The molecule has 3 amide bonds. The van der Waals surface area contributed by atoms with E-state index in [1.807, 2.05) is 0 Å². The van der Waals surface area contributed by atoms with Gasteiger partial charge in [0.2, 0.25) is 17.7 Å². The molecule has 4 aliphatic carbocycles. The molecule has 5 aliphatic rings. The average molecular weight is 406 g/mol. The van der Waals surface area contributed by atoms with Gasteiger partial charge < -0.3 is 10.1 Å². The minimum atomic E-state index is -4.80. The summed E-state index contributed by atoms with van der Waals surface area (Å²) >= 11 is 0. The minimum absolute atomic E-state index is 0.0840. The Morgan fingerprint density at radius 3 is 2.10 bits per heavy atom. The number of amides is 3. The third-order valence-corrected chi connectivity index (χ3v) is 6.43. The zero-order valence-corrected chi connectivity index (χ0v) is 15.1. The van der Waals surface area contributed by atoms with Gasteiger partial charge in [0.15, 0.2) is 0 Å². The molecule has 152 valence electrons. The molecule has 29 heavy (non-hydrogen) atoms. The molecular formula is C20H17F3N2O4. The number of nitrogens with one attached hydrogen (secondary N) is 1. The lowest BCUT2D eigenvalue weighted by molar-refractivity contribution is -0.274. The topological polar surface area (TPSA) is 75.7 Å². The van der Waals surface area contributed by atoms with E-state index in [9.17, 15) is 27.6 Å². The van der Waals surface area contributed by atoms with E-state index in [0.717, 1.165) is 23.5 Å². The fourth-order valence-corrected chi connectivity index (χ4v) is 5.26. The Morgan fingerprint density at radius 2 is 1.59 bits per heavy atom. The smallest absolute Gasteiger partial charge is 0.406 e. The number of benzene rings is 1. The van der Waals surface area contributed by atoms with Crippen molar-refractivity contribution in [1.29, 1.82) is 0 Å². The molecule has 6 atom stereocenters. The number of carbonyl (C=O) groups is 3. The highest BCUT2D eigenvalue weighted by Gasteiger charge is 2.67. The van der Waals surface area contributed by atoms with Gasteiger partial charge in [0.25, 0.3) is 0 Å². The van der Waals surface area contributed by atoms with Crippen molar-refractivity contribution >= 4 is 23.4 Å². The predicted octanol–water partition coefficient (Wildman–Crippen LogP) is 2.58. The molecule has 3 fully saturated rings. The molecule has 6 nitrogen and oxygen atoms in total. The summed E-state index contributed by atoms with van der Waals surface area (Å²) < 4.78 is 40.4. The van der Waals surface area contributed by atoms with Crippen molar-refractivity contribution < 1.29 is 32.3 Å². The van der Waals surface area contributed by atoms with Crippen LogP contribution in [0.4, 0.5) is 18.9 Å². The average Bonchev–Trinajstić information content (AvgIpc) is 3.43. The Kier molecular flexibility index (Phi) is 3.81. The molecule has 0 aromatic heterocycles. The number of likely N-dealkylation sites (tertiary alicyclic amines) is 1. The van der Waals surface area contributed by atoms with E-state index in [2.05, 4.69) is 22.2 Å². The second-order valence-electron chi connectivity index (χ2n) is 8.04. The zero-order valence-electron chi connectivity index (χ0n) is 15.1. The fraction of sp³-hybridized carbons (Fsp3) is 0.450. The Bertz CT molecular complexity index is 891. The number of carbonyl (C=O) groups excluding carboxylic acids is 3. The molecule has 1 aliphatic heterocycles. The molecule has 1 N–H and O–H groups in total. The van der Waals surface area contributed by atoms with Gasteiger partial charge in [-0.25, -0.2) is 0 Å². The van der Waals surface area contributed by atoms with Gasteiger partial charge in [-0.1, -0.05) is 12.2 Å². The van der Waals surface area contributed by atoms with Crippen molar-refractivity contribution in [2.24, 2.45) is 35.5 Å². The maximum Gasteiger partial charge on any atom is 0.573 e. The van der Waals surface area contributed by atoms with Gasteiger partial charge in [-0.2, -0.15) is 0 Å². The van der Waals surface area contributed by atoms with Crippen molar-refractivity contribution in [3.05, 3.63) is 36.4 Å².